The number of amides is 1. The number of carbonyl (C=O) groups excluding carboxylic acids is 1. The summed E-state index contributed by atoms with van der Waals surface area (Å²) in [6, 6.07) is 4.95. The Bertz CT molecular complexity index is 576. The lowest BCUT2D eigenvalue weighted by Crippen LogP contribution is -2.24. The predicted octanol–water partition coefficient (Wildman–Crippen LogP) is 1.32. The molecule has 1 amide bonds. The maximum absolute atomic E-state index is 11.8. The van der Waals surface area contributed by atoms with Gasteiger partial charge in [0.05, 0.1) is 24.8 Å². The molecular weight excluding hydrogens is 256 g/mol. The summed E-state index contributed by atoms with van der Waals surface area (Å²) in [4.78, 5) is 22.7. The van der Waals surface area contributed by atoms with E-state index >= 15 is 0 Å². The highest BCUT2D eigenvalue weighted by atomic mass is 32.1. The van der Waals surface area contributed by atoms with Crippen LogP contribution in [0.15, 0.2) is 23.6 Å². The average molecular weight is 266 g/mol. The zero-order valence-electron chi connectivity index (χ0n) is 9.49. The molecule has 0 aliphatic rings. The third-order valence-corrected chi connectivity index (χ3v) is 3.17. The summed E-state index contributed by atoms with van der Waals surface area (Å²) in [5, 5.41) is 18.8. The first-order chi connectivity index (χ1) is 8.58. The molecule has 2 aromatic heterocycles. The van der Waals surface area contributed by atoms with Crippen molar-refractivity contribution in [2.75, 3.05) is 0 Å². The topological polar surface area (TPSA) is 90.1 Å². The zero-order chi connectivity index (χ0) is 13.1. The highest BCUT2D eigenvalue weighted by Crippen LogP contribution is 2.12. The largest absolute Gasteiger partial charge is 0.390 e. The van der Waals surface area contributed by atoms with Gasteiger partial charge in [-0.15, -0.1) is 11.3 Å². The Kier molecular flexibility index (Phi) is 3.38. The number of nitrogens with one attached hydrogen (secondary N) is 1. The molecule has 0 radical (unpaired) electrons. The maximum atomic E-state index is 11.8. The summed E-state index contributed by atoms with van der Waals surface area (Å²) in [5.74, 6) is -0.717. The molecule has 7 nitrogen and oxygen atoms in total. The summed E-state index contributed by atoms with van der Waals surface area (Å²) in [5.41, 5.74) is 0.165. The highest BCUT2D eigenvalue weighted by Gasteiger charge is 2.20. The van der Waals surface area contributed by atoms with Crippen molar-refractivity contribution in [3.8, 4) is 0 Å². The molecule has 0 aliphatic heterocycles. The van der Waals surface area contributed by atoms with Gasteiger partial charge >= 0.3 is 5.82 Å². The molecule has 2 heterocycles. The first-order valence-electron chi connectivity index (χ1n) is 5.07. The second kappa shape index (κ2) is 4.96. The molecule has 1 N–H and O–H groups in total. The molecule has 0 unspecified atom stereocenters. The van der Waals surface area contributed by atoms with Crippen LogP contribution in [0.2, 0.25) is 0 Å². The second-order valence-corrected chi connectivity index (χ2v) is 4.56. The summed E-state index contributed by atoms with van der Waals surface area (Å²) < 4.78 is 1.20. The average Bonchev–Trinajstić information content (AvgIpc) is 2.94. The minimum absolute atomic E-state index is 0.165. The number of carbonyl (C=O) groups is 1. The molecule has 2 aromatic rings. The lowest BCUT2D eigenvalue weighted by molar-refractivity contribution is -0.389. The van der Waals surface area contributed by atoms with E-state index in [-0.39, 0.29) is 17.4 Å². The van der Waals surface area contributed by atoms with E-state index in [4.69, 9.17) is 0 Å². The smallest absolute Gasteiger partial charge is 0.358 e. The number of thiophene rings is 1. The molecule has 0 bridgehead atoms. The van der Waals surface area contributed by atoms with Gasteiger partial charge in [0, 0.05) is 4.88 Å². The number of rotatable bonds is 4. The normalized spacial score (nSPS) is 10.3. The van der Waals surface area contributed by atoms with Crippen LogP contribution in [0.4, 0.5) is 5.82 Å². The van der Waals surface area contributed by atoms with Crippen LogP contribution in [0.1, 0.15) is 15.4 Å². The van der Waals surface area contributed by atoms with Crippen LogP contribution in [0, 0.1) is 10.1 Å². The Hall–Kier alpha value is -2.22. The monoisotopic (exact) mass is 266 g/mol. The fraction of sp³-hybridized carbons (Fsp3) is 0.200. The van der Waals surface area contributed by atoms with Crippen molar-refractivity contribution in [1.82, 2.24) is 15.1 Å². The van der Waals surface area contributed by atoms with E-state index in [0.717, 1.165) is 10.9 Å². The van der Waals surface area contributed by atoms with Crippen molar-refractivity contribution in [3.63, 3.8) is 0 Å². The van der Waals surface area contributed by atoms with E-state index < -0.39 is 4.92 Å². The molecule has 0 atom stereocenters. The first kappa shape index (κ1) is 12.2. The lowest BCUT2D eigenvalue weighted by atomic mass is 10.3. The first-order valence-corrected chi connectivity index (χ1v) is 5.95. The van der Waals surface area contributed by atoms with Crippen molar-refractivity contribution in [2.45, 2.75) is 6.54 Å². The van der Waals surface area contributed by atoms with Gasteiger partial charge in [-0.1, -0.05) is 6.07 Å². The SMILES string of the molecule is Cn1nc([N+](=O)[O-])cc1C(=O)NCc1cccs1. The Labute approximate surface area is 106 Å². The van der Waals surface area contributed by atoms with E-state index in [1.165, 1.54) is 23.1 Å². The van der Waals surface area contributed by atoms with Gasteiger partial charge in [-0.2, -0.15) is 4.68 Å². The summed E-state index contributed by atoms with van der Waals surface area (Å²) >= 11 is 1.53. The van der Waals surface area contributed by atoms with Crippen LogP contribution in [0.25, 0.3) is 0 Å². The molecule has 0 saturated heterocycles. The fourth-order valence-corrected chi connectivity index (χ4v) is 2.07. The quantitative estimate of drug-likeness (QED) is 0.667. The molecule has 8 heteroatoms. The van der Waals surface area contributed by atoms with Gasteiger partial charge < -0.3 is 15.4 Å². The number of nitrogens with zero attached hydrogens (tertiary/aromatic N) is 3. The molecule has 2 rings (SSSR count). The fourth-order valence-electron chi connectivity index (χ4n) is 1.42. The third kappa shape index (κ3) is 2.54. The summed E-state index contributed by atoms with van der Waals surface area (Å²) in [7, 11) is 1.49. The van der Waals surface area contributed by atoms with Gasteiger partial charge in [-0.25, -0.2) is 0 Å². The van der Waals surface area contributed by atoms with E-state index in [1.54, 1.807) is 0 Å². The number of nitro groups is 1. The van der Waals surface area contributed by atoms with E-state index in [2.05, 4.69) is 10.4 Å². The summed E-state index contributed by atoms with van der Waals surface area (Å²) in [6.45, 7) is 0.398. The van der Waals surface area contributed by atoms with Crippen LogP contribution >= 0.6 is 11.3 Å². The number of aryl methyl sites for hydroxylation is 1. The van der Waals surface area contributed by atoms with Crippen molar-refractivity contribution >= 4 is 23.1 Å². The van der Waals surface area contributed by atoms with Crippen LogP contribution in [0.3, 0.4) is 0 Å². The van der Waals surface area contributed by atoms with Crippen molar-refractivity contribution < 1.29 is 9.72 Å². The summed E-state index contributed by atoms with van der Waals surface area (Å²) in [6.07, 6.45) is 0. The Balaban J connectivity index is 2.06. The van der Waals surface area contributed by atoms with Gasteiger partial charge in [0.15, 0.2) is 5.69 Å². The molecule has 0 fully saturated rings. The number of hydrogen-bond acceptors (Lipinski definition) is 5. The van der Waals surface area contributed by atoms with Crippen LogP contribution in [-0.4, -0.2) is 20.6 Å². The van der Waals surface area contributed by atoms with Crippen molar-refractivity contribution in [3.05, 3.63) is 44.3 Å². The molecule has 0 saturated carbocycles. The number of hydrogen-bond donors (Lipinski definition) is 1. The minimum atomic E-state index is -0.629. The van der Waals surface area contributed by atoms with E-state index in [9.17, 15) is 14.9 Å². The molecule has 18 heavy (non-hydrogen) atoms. The predicted molar refractivity (Wildman–Crippen MR) is 65.4 cm³/mol. The third-order valence-electron chi connectivity index (χ3n) is 2.29. The standard InChI is InChI=1S/C10H10N4O3S/c1-13-8(5-9(12-13)14(16)17)10(15)11-6-7-3-2-4-18-7/h2-5H,6H2,1H3,(H,11,15). The molecule has 0 spiro atoms. The van der Waals surface area contributed by atoms with E-state index in [1.807, 2.05) is 17.5 Å². The second-order valence-electron chi connectivity index (χ2n) is 3.53. The highest BCUT2D eigenvalue weighted by molar-refractivity contribution is 7.09. The Morgan fingerprint density at radius 3 is 3.00 bits per heavy atom. The lowest BCUT2D eigenvalue weighted by Gasteiger charge is -2.01. The van der Waals surface area contributed by atoms with Gasteiger partial charge in [-0.05, 0) is 16.4 Å². The van der Waals surface area contributed by atoms with Crippen molar-refractivity contribution in [2.24, 2.45) is 7.05 Å². The van der Waals surface area contributed by atoms with Crippen LogP contribution < -0.4 is 5.32 Å². The molecular formula is C10H10N4O3S. The molecule has 94 valence electrons. The van der Waals surface area contributed by atoms with Crippen LogP contribution in [-0.2, 0) is 13.6 Å². The van der Waals surface area contributed by atoms with Crippen LogP contribution in [0.5, 0.6) is 0 Å². The van der Waals surface area contributed by atoms with E-state index in [0.29, 0.717) is 6.54 Å². The zero-order valence-corrected chi connectivity index (χ0v) is 10.3. The van der Waals surface area contributed by atoms with Gasteiger partial charge in [0.2, 0.25) is 0 Å². The van der Waals surface area contributed by atoms with Crippen molar-refractivity contribution in [1.29, 1.82) is 0 Å². The number of aromatic nitrogens is 2. The Morgan fingerprint density at radius 2 is 2.44 bits per heavy atom. The molecule has 0 aliphatic carbocycles. The Morgan fingerprint density at radius 1 is 1.67 bits per heavy atom. The maximum Gasteiger partial charge on any atom is 0.390 e. The minimum Gasteiger partial charge on any atom is -0.358 e. The van der Waals surface area contributed by atoms with Gasteiger partial charge in [-0.3, -0.25) is 4.79 Å². The van der Waals surface area contributed by atoms with Gasteiger partial charge in [0.1, 0.15) is 0 Å². The van der Waals surface area contributed by atoms with Gasteiger partial charge in [0.25, 0.3) is 5.91 Å². The molecule has 0 aromatic carbocycles.